The Morgan fingerprint density at radius 1 is 1.25 bits per heavy atom. The third kappa shape index (κ3) is 4.81. The number of nitrogens with zero attached hydrogens (tertiary/aromatic N) is 1. The average Bonchev–Trinajstić information content (AvgIpc) is 2.96. The quantitative estimate of drug-likeness (QED) is 0.801. The van der Waals surface area contributed by atoms with Crippen molar-refractivity contribution in [1.82, 2.24) is 4.98 Å². The lowest BCUT2D eigenvalue weighted by Gasteiger charge is -2.06. The van der Waals surface area contributed by atoms with Gasteiger partial charge in [-0.1, -0.05) is 0 Å². The summed E-state index contributed by atoms with van der Waals surface area (Å²) in [5.41, 5.74) is -0.453. The van der Waals surface area contributed by atoms with Gasteiger partial charge in [0, 0.05) is 18.4 Å². The van der Waals surface area contributed by atoms with E-state index in [9.17, 15) is 23.2 Å². The van der Waals surface area contributed by atoms with Crippen LogP contribution in [0.1, 0.15) is 17.4 Å². The van der Waals surface area contributed by atoms with Gasteiger partial charge in [-0.3, -0.25) is 9.59 Å². The average molecular weight is 355 g/mol. The molecule has 1 aromatic heterocycles. The van der Waals surface area contributed by atoms with Crippen LogP contribution >= 0.6 is 11.3 Å². The number of anilines is 2. The predicted octanol–water partition coefficient (Wildman–Crippen LogP) is 2.18. The highest BCUT2D eigenvalue weighted by molar-refractivity contribution is 7.14. The lowest BCUT2D eigenvalue weighted by molar-refractivity contribution is -0.119. The molecule has 0 saturated heterocycles. The molecule has 7 nitrogen and oxygen atoms in total. The molecule has 0 unspecified atom stereocenters. The number of aromatic nitrogens is 1. The third-order valence-electron chi connectivity index (χ3n) is 2.53. The molecule has 2 N–H and O–H groups in total. The molecule has 1 heterocycles. The molecule has 0 radical (unpaired) electrons. The molecule has 0 aliphatic heterocycles. The van der Waals surface area contributed by atoms with Crippen LogP contribution in [0.5, 0.6) is 0 Å². The van der Waals surface area contributed by atoms with Crippen molar-refractivity contribution < 1.29 is 27.9 Å². The Kier molecular flexibility index (Phi) is 5.53. The number of esters is 1. The van der Waals surface area contributed by atoms with Crippen LogP contribution in [0, 0.1) is 11.6 Å². The van der Waals surface area contributed by atoms with Crippen LogP contribution in [0.2, 0.25) is 0 Å². The smallest absolute Gasteiger partial charge is 0.358 e. The van der Waals surface area contributed by atoms with E-state index in [-0.39, 0.29) is 22.4 Å². The number of rotatable bonds is 5. The summed E-state index contributed by atoms with van der Waals surface area (Å²) < 4.78 is 31.1. The monoisotopic (exact) mass is 355 g/mol. The number of carbonyl (C=O) groups is 3. The van der Waals surface area contributed by atoms with Gasteiger partial charge >= 0.3 is 5.97 Å². The zero-order valence-electron chi connectivity index (χ0n) is 12.3. The Morgan fingerprint density at radius 2 is 2.00 bits per heavy atom. The van der Waals surface area contributed by atoms with Crippen LogP contribution in [0.25, 0.3) is 0 Å². The molecule has 0 saturated carbocycles. The molecule has 0 aliphatic rings. The van der Waals surface area contributed by atoms with Gasteiger partial charge in [0.05, 0.1) is 5.69 Å². The normalized spacial score (nSPS) is 10.1. The van der Waals surface area contributed by atoms with Gasteiger partial charge in [0.2, 0.25) is 5.91 Å². The van der Waals surface area contributed by atoms with Gasteiger partial charge < -0.3 is 15.4 Å². The van der Waals surface area contributed by atoms with Gasteiger partial charge in [-0.05, 0) is 12.1 Å². The van der Waals surface area contributed by atoms with Crippen molar-refractivity contribution in [2.24, 2.45) is 0 Å². The Morgan fingerprint density at radius 3 is 2.71 bits per heavy atom. The SMILES string of the molecule is CC(=O)Nc1nc(C(=O)OCC(=O)Nc2cc(F)ccc2F)cs1. The predicted molar refractivity (Wildman–Crippen MR) is 81.7 cm³/mol. The van der Waals surface area contributed by atoms with E-state index in [4.69, 9.17) is 4.74 Å². The summed E-state index contributed by atoms with van der Waals surface area (Å²) in [5, 5.41) is 6.03. The van der Waals surface area contributed by atoms with E-state index in [1.165, 1.54) is 12.3 Å². The van der Waals surface area contributed by atoms with Crippen LogP contribution in [0.4, 0.5) is 19.6 Å². The molecule has 10 heteroatoms. The van der Waals surface area contributed by atoms with Crippen LogP contribution in [0.3, 0.4) is 0 Å². The van der Waals surface area contributed by atoms with Gasteiger partial charge in [0.15, 0.2) is 17.4 Å². The molecule has 1 aromatic carbocycles. The van der Waals surface area contributed by atoms with Crippen LogP contribution < -0.4 is 10.6 Å². The van der Waals surface area contributed by atoms with Crippen LogP contribution in [-0.2, 0) is 14.3 Å². The fraction of sp³-hybridized carbons (Fsp3) is 0.143. The summed E-state index contributed by atoms with van der Waals surface area (Å²) >= 11 is 1.01. The minimum atomic E-state index is -0.891. The fourth-order valence-corrected chi connectivity index (χ4v) is 2.29. The first kappa shape index (κ1) is 17.5. The third-order valence-corrected chi connectivity index (χ3v) is 3.29. The van der Waals surface area contributed by atoms with Crippen molar-refractivity contribution in [1.29, 1.82) is 0 Å². The van der Waals surface area contributed by atoms with Crippen molar-refractivity contribution in [2.45, 2.75) is 6.92 Å². The first-order valence-corrected chi connectivity index (χ1v) is 7.38. The van der Waals surface area contributed by atoms with Gasteiger partial charge in [-0.2, -0.15) is 0 Å². The molecule has 2 amide bonds. The number of nitrogens with one attached hydrogen (secondary N) is 2. The molecular weight excluding hydrogens is 344 g/mol. The number of ether oxygens (including phenoxy) is 1. The van der Waals surface area contributed by atoms with Crippen molar-refractivity contribution in [3.05, 3.63) is 40.9 Å². The van der Waals surface area contributed by atoms with E-state index in [0.717, 1.165) is 29.5 Å². The molecule has 2 aromatic rings. The number of hydrogen-bond donors (Lipinski definition) is 2. The second-order valence-corrected chi connectivity index (χ2v) is 5.33. The Balaban J connectivity index is 1.89. The number of amides is 2. The highest BCUT2D eigenvalue weighted by atomic mass is 32.1. The van der Waals surface area contributed by atoms with E-state index in [2.05, 4.69) is 15.6 Å². The standard InChI is InChI=1S/C14H11F2N3O4S/c1-7(20)17-14-19-11(6-24-14)13(22)23-5-12(21)18-10-4-8(15)2-3-9(10)16/h2-4,6H,5H2,1H3,(H,18,21)(H,17,19,20). The maximum absolute atomic E-state index is 13.4. The van der Waals surface area contributed by atoms with Crippen molar-refractivity contribution in [2.75, 3.05) is 17.2 Å². The Bertz CT molecular complexity index is 794. The summed E-state index contributed by atoms with van der Waals surface area (Å²) in [4.78, 5) is 38.0. The number of halogens is 2. The van der Waals surface area contributed by atoms with Crippen LogP contribution in [-0.4, -0.2) is 29.4 Å². The largest absolute Gasteiger partial charge is 0.451 e. The minimum Gasteiger partial charge on any atom is -0.451 e. The molecular formula is C14H11F2N3O4S. The number of benzene rings is 1. The summed E-state index contributed by atoms with van der Waals surface area (Å²) in [6, 6.07) is 2.56. The van der Waals surface area contributed by atoms with E-state index < -0.39 is 30.1 Å². The van der Waals surface area contributed by atoms with E-state index in [1.54, 1.807) is 0 Å². The Labute approximate surface area is 138 Å². The van der Waals surface area contributed by atoms with Gasteiger partial charge in [-0.15, -0.1) is 11.3 Å². The van der Waals surface area contributed by atoms with Crippen LogP contribution in [0.15, 0.2) is 23.6 Å². The fourth-order valence-electron chi connectivity index (χ4n) is 1.56. The number of thiazole rings is 1. The maximum atomic E-state index is 13.4. The summed E-state index contributed by atoms with van der Waals surface area (Å²) in [6.45, 7) is 0.580. The summed E-state index contributed by atoms with van der Waals surface area (Å²) in [7, 11) is 0. The van der Waals surface area contributed by atoms with E-state index in [0.29, 0.717) is 0 Å². The lowest BCUT2D eigenvalue weighted by atomic mass is 10.3. The molecule has 0 atom stereocenters. The van der Waals surface area contributed by atoms with Gasteiger partial charge in [0.25, 0.3) is 5.91 Å². The summed E-state index contributed by atoms with van der Waals surface area (Å²) in [5.74, 6) is -3.63. The first-order valence-electron chi connectivity index (χ1n) is 6.50. The highest BCUT2D eigenvalue weighted by Gasteiger charge is 2.15. The highest BCUT2D eigenvalue weighted by Crippen LogP contribution is 2.17. The molecule has 2 rings (SSSR count). The topological polar surface area (TPSA) is 97.4 Å². The van der Waals surface area contributed by atoms with Crippen molar-refractivity contribution in [3.63, 3.8) is 0 Å². The molecule has 0 bridgehead atoms. The van der Waals surface area contributed by atoms with Gasteiger partial charge in [0.1, 0.15) is 11.6 Å². The van der Waals surface area contributed by atoms with Gasteiger partial charge in [-0.25, -0.2) is 18.6 Å². The Hall–Kier alpha value is -2.88. The molecule has 0 fully saturated rings. The zero-order valence-corrected chi connectivity index (χ0v) is 13.1. The van der Waals surface area contributed by atoms with Crippen molar-refractivity contribution in [3.8, 4) is 0 Å². The summed E-state index contributed by atoms with van der Waals surface area (Å²) in [6.07, 6.45) is 0. The van der Waals surface area contributed by atoms with Crippen molar-refractivity contribution >= 4 is 39.9 Å². The zero-order chi connectivity index (χ0) is 17.7. The lowest BCUT2D eigenvalue weighted by Crippen LogP contribution is -2.21. The van der Waals surface area contributed by atoms with E-state index >= 15 is 0 Å². The molecule has 0 aliphatic carbocycles. The number of carbonyl (C=O) groups excluding carboxylic acids is 3. The molecule has 24 heavy (non-hydrogen) atoms. The molecule has 126 valence electrons. The maximum Gasteiger partial charge on any atom is 0.358 e. The second-order valence-electron chi connectivity index (χ2n) is 4.47. The first-order chi connectivity index (χ1) is 11.3. The molecule has 0 spiro atoms. The second kappa shape index (κ2) is 7.59. The minimum absolute atomic E-state index is 0.0894. The van der Waals surface area contributed by atoms with E-state index in [1.807, 2.05) is 0 Å². The number of hydrogen-bond acceptors (Lipinski definition) is 6.